The van der Waals surface area contributed by atoms with Gasteiger partial charge in [0.15, 0.2) is 0 Å². The van der Waals surface area contributed by atoms with E-state index in [1.54, 1.807) is 6.08 Å². The molecule has 1 aromatic rings. The molecule has 0 heterocycles. The molecule has 0 aliphatic carbocycles. The molecule has 0 aliphatic rings. The third-order valence-electron chi connectivity index (χ3n) is 1.20. The minimum absolute atomic E-state index is 1.20. The summed E-state index contributed by atoms with van der Waals surface area (Å²) in [4.78, 5) is 0. The Hall–Kier alpha value is -1.01. The number of hydrogen-bond acceptors (Lipinski definition) is 0. The molecule has 0 saturated carbocycles. The van der Waals surface area contributed by atoms with Crippen molar-refractivity contribution in [2.75, 3.05) is 0 Å². The van der Waals surface area contributed by atoms with Crippen LogP contribution in [0.1, 0.15) is 5.56 Å². The van der Waals surface area contributed by atoms with Gasteiger partial charge >= 0.3 is 0 Å². The highest BCUT2D eigenvalue weighted by Gasteiger charge is 1.77. The quantitative estimate of drug-likeness (QED) is 0.628. The molecule has 0 unspecified atom stereocenters. The van der Waals surface area contributed by atoms with Gasteiger partial charge in [-0.05, 0) is 19.4 Å². The molecule has 1 rings (SSSR count). The van der Waals surface area contributed by atoms with Crippen molar-refractivity contribution in [2.45, 2.75) is 0 Å². The highest BCUT2D eigenvalue weighted by atomic mass is 35.5. The topological polar surface area (TPSA) is 0 Å². The third kappa shape index (κ3) is 7.35. The van der Waals surface area contributed by atoms with Crippen LogP contribution in [0.4, 0.5) is 0 Å². The lowest BCUT2D eigenvalue weighted by Crippen LogP contribution is -1.65. The standard InChI is InChI=1S/C9H9.C3H4Cl/c1-2-6-9-7-4-3-5-8-9;1-2-3-4/h2-8H,1H2;2-3H,1H2/b6-2+;3-2+. The van der Waals surface area contributed by atoms with E-state index in [4.69, 9.17) is 11.6 Å². The number of hydrogen-bond donors (Lipinski definition) is 0. The molecule has 0 aromatic heterocycles. The van der Waals surface area contributed by atoms with Gasteiger partial charge in [-0.1, -0.05) is 60.2 Å². The molecule has 0 nitrogen and oxygen atoms in total. The molecule has 13 heavy (non-hydrogen) atoms. The van der Waals surface area contributed by atoms with Crippen molar-refractivity contribution in [3.63, 3.8) is 0 Å². The van der Waals surface area contributed by atoms with Crippen LogP contribution in [0.3, 0.4) is 0 Å². The Morgan fingerprint density at radius 2 is 1.54 bits per heavy atom. The Bertz CT molecular complexity index is 243. The van der Waals surface area contributed by atoms with Crippen LogP contribution in [0.5, 0.6) is 0 Å². The summed E-state index contributed by atoms with van der Waals surface area (Å²) in [6, 6.07) is 10.1. The molecule has 0 aliphatic heterocycles. The van der Waals surface area contributed by atoms with E-state index >= 15 is 0 Å². The second-order valence-corrected chi connectivity index (χ2v) is 2.43. The summed E-state index contributed by atoms with van der Waals surface area (Å²) < 4.78 is 0. The van der Waals surface area contributed by atoms with Gasteiger partial charge in [0.1, 0.15) is 0 Å². The lowest BCUT2D eigenvalue weighted by atomic mass is 10.2. The second-order valence-electron chi connectivity index (χ2n) is 2.17. The highest BCUT2D eigenvalue weighted by Crippen LogP contribution is 1.99. The highest BCUT2D eigenvalue weighted by molar-refractivity contribution is 6.25. The van der Waals surface area contributed by atoms with Crippen molar-refractivity contribution in [3.8, 4) is 0 Å². The molecule has 0 spiro atoms. The summed E-state index contributed by atoms with van der Waals surface area (Å²) >= 11 is 4.94. The molecule has 0 bridgehead atoms. The lowest BCUT2D eigenvalue weighted by Gasteiger charge is -1.86. The molecule has 0 amide bonds. The molecule has 0 saturated heterocycles. The SMILES string of the molecule is [CH2]/C=C/Cl.[CH2]/C=C/c1ccccc1. The minimum atomic E-state index is 1.20. The third-order valence-corrected chi connectivity index (χ3v) is 1.38. The number of halogens is 1. The molecular weight excluding hydrogens is 180 g/mol. The van der Waals surface area contributed by atoms with Crippen LogP contribution in [0.25, 0.3) is 6.08 Å². The summed E-state index contributed by atoms with van der Waals surface area (Å²) in [5.74, 6) is 0. The minimum Gasteiger partial charge on any atom is -0.0933 e. The molecule has 2 radical (unpaired) electrons. The fraction of sp³-hybridized carbons (Fsp3) is 0. The molecule has 1 heteroatoms. The van der Waals surface area contributed by atoms with E-state index in [2.05, 4.69) is 13.8 Å². The van der Waals surface area contributed by atoms with Gasteiger partial charge in [0.25, 0.3) is 0 Å². The largest absolute Gasteiger partial charge is 0.0933 e. The van der Waals surface area contributed by atoms with E-state index in [0.29, 0.717) is 0 Å². The van der Waals surface area contributed by atoms with E-state index in [1.807, 2.05) is 36.4 Å². The Kier molecular flexibility index (Phi) is 8.38. The Morgan fingerprint density at radius 1 is 1.00 bits per heavy atom. The zero-order valence-electron chi connectivity index (χ0n) is 7.49. The number of allylic oxidation sites excluding steroid dienone is 2. The monoisotopic (exact) mass is 192 g/mol. The number of rotatable bonds is 1. The van der Waals surface area contributed by atoms with Gasteiger partial charge in [-0.3, -0.25) is 0 Å². The van der Waals surface area contributed by atoms with Crippen LogP contribution in [0, 0.1) is 13.8 Å². The fourth-order valence-electron chi connectivity index (χ4n) is 0.700. The first kappa shape index (κ1) is 12.0. The molecule has 68 valence electrons. The molecule has 1 aromatic carbocycles. The fourth-order valence-corrected chi connectivity index (χ4v) is 0.700. The zero-order valence-corrected chi connectivity index (χ0v) is 8.24. The van der Waals surface area contributed by atoms with Crippen molar-refractivity contribution in [1.82, 2.24) is 0 Å². The molecule has 0 atom stereocenters. The summed E-state index contributed by atoms with van der Waals surface area (Å²) in [6.07, 6.45) is 5.27. The first-order valence-electron chi connectivity index (χ1n) is 3.90. The van der Waals surface area contributed by atoms with Gasteiger partial charge < -0.3 is 0 Å². The van der Waals surface area contributed by atoms with Crippen molar-refractivity contribution < 1.29 is 0 Å². The van der Waals surface area contributed by atoms with Crippen LogP contribution < -0.4 is 0 Å². The smallest absolute Gasteiger partial charge is 0.000256 e. The average Bonchev–Trinajstić information content (AvgIpc) is 2.20. The van der Waals surface area contributed by atoms with Gasteiger partial charge in [-0.25, -0.2) is 0 Å². The Morgan fingerprint density at radius 3 is 1.92 bits per heavy atom. The van der Waals surface area contributed by atoms with Crippen LogP contribution in [0.15, 0.2) is 48.0 Å². The normalized spacial score (nSPS) is 10.1. The van der Waals surface area contributed by atoms with E-state index in [-0.39, 0.29) is 0 Å². The first-order chi connectivity index (χ1) is 6.35. The summed E-state index contributed by atoms with van der Waals surface area (Å²) in [7, 11) is 0. The van der Waals surface area contributed by atoms with Crippen molar-refractivity contribution in [3.05, 3.63) is 67.4 Å². The Balaban J connectivity index is 0.000000310. The maximum atomic E-state index is 4.94. The van der Waals surface area contributed by atoms with E-state index in [9.17, 15) is 0 Å². The van der Waals surface area contributed by atoms with Crippen LogP contribution >= 0.6 is 11.6 Å². The second kappa shape index (κ2) is 9.08. The van der Waals surface area contributed by atoms with Gasteiger partial charge in [-0.15, -0.1) is 0 Å². The summed E-state index contributed by atoms with van der Waals surface area (Å²) in [5.41, 5.74) is 2.56. The molecule has 0 fully saturated rings. The molecule has 0 N–H and O–H groups in total. The number of benzene rings is 1. The van der Waals surface area contributed by atoms with Gasteiger partial charge in [0.2, 0.25) is 0 Å². The average molecular weight is 193 g/mol. The lowest BCUT2D eigenvalue weighted by molar-refractivity contribution is 1.66. The van der Waals surface area contributed by atoms with E-state index < -0.39 is 0 Å². The van der Waals surface area contributed by atoms with Crippen molar-refractivity contribution in [2.24, 2.45) is 0 Å². The zero-order chi connectivity index (χ0) is 9.94. The van der Waals surface area contributed by atoms with Crippen LogP contribution in [-0.4, -0.2) is 0 Å². The molecular formula is C12H13Cl. The summed E-state index contributed by atoms with van der Waals surface area (Å²) in [6.45, 7) is 6.89. The van der Waals surface area contributed by atoms with Crippen molar-refractivity contribution in [1.29, 1.82) is 0 Å². The predicted molar refractivity (Wildman–Crippen MR) is 61.2 cm³/mol. The van der Waals surface area contributed by atoms with Gasteiger partial charge in [0.05, 0.1) is 0 Å². The predicted octanol–water partition coefficient (Wildman–Crippen LogP) is 4.11. The van der Waals surface area contributed by atoms with E-state index in [1.165, 1.54) is 17.2 Å². The first-order valence-corrected chi connectivity index (χ1v) is 4.34. The Labute approximate surface area is 85.6 Å². The summed E-state index contributed by atoms with van der Waals surface area (Å²) in [5, 5.41) is 0. The maximum absolute atomic E-state index is 4.94. The maximum Gasteiger partial charge on any atom is 0.000256 e. The van der Waals surface area contributed by atoms with Gasteiger partial charge in [0, 0.05) is 5.54 Å². The van der Waals surface area contributed by atoms with Crippen molar-refractivity contribution >= 4 is 17.7 Å². The van der Waals surface area contributed by atoms with E-state index in [0.717, 1.165) is 0 Å². The van der Waals surface area contributed by atoms with Crippen LogP contribution in [0.2, 0.25) is 0 Å². The van der Waals surface area contributed by atoms with Gasteiger partial charge in [-0.2, -0.15) is 0 Å². The van der Waals surface area contributed by atoms with Crippen LogP contribution in [-0.2, 0) is 0 Å².